The van der Waals surface area contributed by atoms with Crippen LogP contribution >= 0.6 is 8.19 Å². The fourth-order valence-corrected chi connectivity index (χ4v) is 2.51. The van der Waals surface area contributed by atoms with Crippen LogP contribution in [0.3, 0.4) is 0 Å². The molecule has 0 spiro atoms. The maximum atomic E-state index is 4.40. The van der Waals surface area contributed by atoms with Crippen LogP contribution in [0.4, 0.5) is 0 Å². The van der Waals surface area contributed by atoms with Gasteiger partial charge in [0.25, 0.3) is 0 Å². The van der Waals surface area contributed by atoms with Crippen molar-refractivity contribution in [1.82, 2.24) is 4.98 Å². The molecule has 1 atom stereocenters. The van der Waals surface area contributed by atoms with Crippen molar-refractivity contribution in [2.24, 2.45) is 0 Å². The number of rotatable bonds is 6. The standard InChI is InChI=1S/C11H20NP/c1-3-4-5-6-7-8-11-12-9-10(2)13-11/h9,13H,3-8H2,1-2H3. The Morgan fingerprint density at radius 1 is 1.23 bits per heavy atom. The van der Waals surface area contributed by atoms with E-state index in [2.05, 4.69) is 18.8 Å². The van der Waals surface area contributed by atoms with Gasteiger partial charge in [0.2, 0.25) is 0 Å². The first-order valence-electron chi connectivity index (χ1n) is 5.33. The van der Waals surface area contributed by atoms with Crippen LogP contribution in [0.15, 0.2) is 6.20 Å². The summed E-state index contributed by atoms with van der Waals surface area (Å²) in [5, 5.41) is 1.45. The van der Waals surface area contributed by atoms with E-state index in [1.807, 2.05) is 6.20 Å². The lowest BCUT2D eigenvalue weighted by Crippen LogP contribution is -1.83. The first-order valence-corrected chi connectivity index (χ1v) is 6.33. The fraction of sp³-hybridized carbons (Fsp3) is 0.727. The second-order valence-electron chi connectivity index (χ2n) is 3.68. The monoisotopic (exact) mass is 197 g/mol. The molecule has 0 aliphatic carbocycles. The van der Waals surface area contributed by atoms with Crippen LogP contribution < -0.4 is 0 Å². The molecule has 0 saturated heterocycles. The van der Waals surface area contributed by atoms with E-state index in [0.29, 0.717) is 0 Å². The smallest absolute Gasteiger partial charge is 0.0564 e. The minimum Gasteiger partial charge on any atom is -0.257 e. The number of nitrogens with zero attached hydrogens (tertiary/aromatic N) is 1. The van der Waals surface area contributed by atoms with Gasteiger partial charge in [0.05, 0.1) is 5.43 Å². The van der Waals surface area contributed by atoms with Gasteiger partial charge in [-0.15, -0.1) is 8.19 Å². The Labute approximate surface area is 83.1 Å². The van der Waals surface area contributed by atoms with Gasteiger partial charge in [0.15, 0.2) is 0 Å². The van der Waals surface area contributed by atoms with E-state index in [1.54, 1.807) is 0 Å². The van der Waals surface area contributed by atoms with E-state index in [0.717, 1.165) is 8.19 Å². The lowest BCUT2D eigenvalue weighted by Gasteiger charge is -1.97. The van der Waals surface area contributed by atoms with Crippen molar-refractivity contribution in [1.29, 1.82) is 0 Å². The summed E-state index contributed by atoms with van der Waals surface area (Å²) in [6.45, 7) is 4.43. The predicted octanol–water partition coefficient (Wildman–Crippen LogP) is 3.93. The second-order valence-corrected chi connectivity index (χ2v) is 5.29. The first kappa shape index (κ1) is 10.8. The molecule has 0 radical (unpaired) electrons. The van der Waals surface area contributed by atoms with Crippen molar-refractivity contribution < 1.29 is 0 Å². The molecule has 74 valence electrons. The number of hydrogen-bond donors (Lipinski definition) is 0. The zero-order valence-electron chi connectivity index (χ0n) is 8.77. The highest BCUT2D eigenvalue weighted by Crippen LogP contribution is 2.20. The van der Waals surface area contributed by atoms with Crippen LogP contribution in [0.5, 0.6) is 0 Å². The number of unbranched alkanes of at least 4 members (excludes halogenated alkanes) is 4. The molecule has 0 N–H and O–H groups in total. The maximum absolute atomic E-state index is 4.40. The normalized spacial score (nSPS) is 11.2. The molecule has 0 fully saturated rings. The lowest BCUT2D eigenvalue weighted by molar-refractivity contribution is 0.631. The highest BCUT2D eigenvalue weighted by Gasteiger charge is 1.96. The molecule has 2 heteroatoms. The average Bonchev–Trinajstić information content (AvgIpc) is 2.51. The molecule has 0 aromatic carbocycles. The number of aryl methyl sites for hydroxylation is 2. The molecule has 13 heavy (non-hydrogen) atoms. The van der Waals surface area contributed by atoms with Crippen molar-refractivity contribution in [3.8, 4) is 0 Å². The van der Waals surface area contributed by atoms with Crippen molar-refractivity contribution in [2.45, 2.75) is 52.4 Å². The van der Waals surface area contributed by atoms with Gasteiger partial charge >= 0.3 is 0 Å². The van der Waals surface area contributed by atoms with E-state index < -0.39 is 0 Å². The average molecular weight is 197 g/mol. The van der Waals surface area contributed by atoms with E-state index in [-0.39, 0.29) is 0 Å². The quantitative estimate of drug-likeness (QED) is 0.629. The topological polar surface area (TPSA) is 12.9 Å². The summed E-state index contributed by atoms with van der Waals surface area (Å²) in [5.74, 6) is 0. The summed E-state index contributed by atoms with van der Waals surface area (Å²) in [6, 6.07) is 0. The second kappa shape index (κ2) is 6.21. The summed E-state index contributed by atoms with van der Waals surface area (Å²) in [6.07, 6.45) is 10.1. The molecule has 0 aliphatic rings. The van der Waals surface area contributed by atoms with E-state index >= 15 is 0 Å². The Hall–Kier alpha value is -0.290. The van der Waals surface area contributed by atoms with Gasteiger partial charge in [-0.1, -0.05) is 32.6 Å². The Bertz CT molecular complexity index is 230. The van der Waals surface area contributed by atoms with Crippen LogP contribution in [-0.4, -0.2) is 4.98 Å². The molecule has 1 unspecified atom stereocenters. The van der Waals surface area contributed by atoms with Crippen molar-refractivity contribution in [2.75, 3.05) is 0 Å². The molecule has 0 bridgehead atoms. The van der Waals surface area contributed by atoms with E-state index in [9.17, 15) is 0 Å². The van der Waals surface area contributed by atoms with Crippen molar-refractivity contribution in [3.63, 3.8) is 0 Å². The maximum Gasteiger partial charge on any atom is 0.0564 e. The molecule has 0 amide bonds. The summed E-state index contributed by atoms with van der Waals surface area (Å²) >= 11 is 0. The SMILES string of the molecule is CCCCCCCc1ncc(C)[pH]1. The molecular weight excluding hydrogens is 177 g/mol. The predicted molar refractivity (Wildman–Crippen MR) is 60.9 cm³/mol. The highest BCUT2D eigenvalue weighted by molar-refractivity contribution is 7.31. The summed E-state index contributed by atoms with van der Waals surface area (Å²) < 4.78 is 0. The van der Waals surface area contributed by atoms with Gasteiger partial charge in [0.1, 0.15) is 0 Å². The van der Waals surface area contributed by atoms with Crippen LogP contribution in [0.25, 0.3) is 0 Å². The van der Waals surface area contributed by atoms with Crippen LogP contribution in [-0.2, 0) is 6.42 Å². The van der Waals surface area contributed by atoms with E-state index in [1.165, 1.54) is 49.2 Å². The largest absolute Gasteiger partial charge is 0.257 e. The third-order valence-electron chi connectivity index (χ3n) is 2.27. The van der Waals surface area contributed by atoms with Gasteiger partial charge in [-0.05, 0) is 25.1 Å². The Balaban J connectivity index is 2.06. The molecule has 1 rings (SSSR count). The van der Waals surface area contributed by atoms with Gasteiger partial charge < -0.3 is 0 Å². The molecule has 0 aliphatic heterocycles. The van der Waals surface area contributed by atoms with Crippen LogP contribution in [0.2, 0.25) is 0 Å². The Kier molecular flexibility index (Phi) is 5.15. The summed E-state index contributed by atoms with van der Waals surface area (Å²) in [4.78, 5) is 4.40. The molecule has 0 saturated carbocycles. The van der Waals surface area contributed by atoms with E-state index in [4.69, 9.17) is 0 Å². The number of hydrogen-bond acceptors (Lipinski definition) is 1. The van der Waals surface area contributed by atoms with Gasteiger partial charge in [-0.2, -0.15) is 0 Å². The third-order valence-corrected chi connectivity index (χ3v) is 3.46. The zero-order valence-corrected chi connectivity index (χ0v) is 9.77. The van der Waals surface area contributed by atoms with Gasteiger partial charge in [-0.25, -0.2) is 0 Å². The first-order chi connectivity index (χ1) is 6.33. The highest BCUT2D eigenvalue weighted by atomic mass is 31.0. The third kappa shape index (κ3) is 4.47. The van der Waals surface area contributed by atoms with Crippen LogP contribution in [0, 0.1) is 6.92 Å². The Morgan fingerprint density at radius 2 is 2.00 bits per heavy atom. The minimum absolute atomic E-state index is 0.897. The molecular formula is C11H20NP. The summed E-state index contributed by atoms with van der Waals surface area (Å²) in [7, 11) is 0.897. The minimum atomic E-state index is 0.897. The van der Waals surface area contributed by atoms with Crippen molar-refractivity contribution >= 4 is 8.19 Å². The van der Waals surface area contributed by atoms with Gasteiger partial charge in [0, 0.05) is 6.20 Å². The lowest BCUT2D eigenvalue weighted by atomic mass is 10.1. The molecule has 1 aromatic rings. The van der Waals surface area contributed by atoms with Crippen LogP contribution in [0.1, 0.15) is 49.7 Å². The number of aromatic nitrogens is 1. The summed E-state index contributed by atoms with van der Waals surface area (Å²) in [5.41, 5.74) is 1.42. The van der Waals surface area contributed by atoms with Crippen molar-refractivity contribution in [3.05, 3.63) is 16.9 Å². The fourth-order valence-electron chi connectivity index (χ4n) is 1.49. The molecule has 1 heterocycles. The zero-order chi connectivity index (χ0) is 9.52. The molecule has 1 nitrogen and oxygen atoms in total. The van der Waals surface area contributed by atoms with Gasteiger partial charge in [-0.3, -0.25) is 4.98 Å². The molecule has 1 aromatic heterocycles. The Morgan fingerprint density at radius 3 is 2.62 bits per heavy atom.